The van der Waals surface area contributed by atoms with Crippen LogP contribution in [0.4, 0.5) is 0 Å². The Kier molecular flexibility index (Phi) is 1.45. The molecule has 50 valence electrons. The largest absolute Gasteiger partial charge is 0.224 e. The molecule has 0 aliphatic heterocycles. The Morgan fingerprint density at radius 2 is 2.22 bits per heavy atom. The first-order chi connectivity index (χ1) is 4.11. The van der Waals surface area contributed by atoms with E-state index in [9.17, 15) is 8.42 Å². The molecule has 0 aromatic carbocycles. The fraction of sp³-hybridized carbons (Fsp3) is 0.333. The minimum absolute atomic E-state index is 0.516. The van der Waals surface area contributed by atoms with E-state index in [0.717, 1.165) is 0 Å². The summed E-state index contributed by atoms with van der Waals surface area (Å²) in [7, 11) is -2.90. The van der Waals surface area contributed by atoms with Crippen molar-refractivity contribution in [1.29, 1.82) is 0 Å². The summed E-state index contributed by atoms with van der Waals surface area (Å²) in [5.74, 6) is 0. The van der Waals surface area contributed by atoms with Gasteiger partial charge in [-0.1, -0.05) is 12.2 Å². The summed E-state index contributed by atoms with van der Waals surface area (Å²) in [6, 6.07) is 0. The number of rotatable bonds is 1. The molecule has 1 rings (SSSR count). The van der Waals surface area contributed by atoms with Gasteiger partial charge in [0.25, 0.3) is 0 Å². The molecule has 1 aliphatic carbocycles. The topological polar surface area (TPSA) is 34.1 Å². The summed E-state index contributed by atoms with van der Waals surface area (Å²) in [6.45, 7) is 0. The molecular weight excluding hydrogens is 136 g/mol. The minimum Gasteiger partial charge on any atom is -0.224 e. The molecular formula is C6H8O2S. The lowest BCUT2D eigenvalue weighted by molar-refractivity contribution is 0.607. The summed E-state index contributed by atoms with van der Waals surface area (Å²) in [5.41, 5.74) is 0. The molecule has 2 nitrogen and oxygen atoms in total. The van der Waals surface area contributed by atoms with E-state index in [1.54, 1.807) is 12.2 Å². The molecule has 0 bridgehead atoms. The maximum atomic E-state index is 10.7. The molecule has 0 spiro atoms. The van der Waals surface area contributed by atoms with Crippen LogP contribution in [-0.4, -0.2) is 14.7 Å². The van der Waals surface area contributed by atoms with Crippen LogP contribution in [0.2, 0.25) is 0 Å². The Hall–Kier alpha value is -0.570. The predicted octanol–water partition coefficient (Wildman–Crippen LogP) is 0.875. The third-order valence-corrected chi connectivity index (χ3v) is 2.47. The van der Waals surface area contributed by atoms with Gasteiger partial charge in [0.05, 0.1) is 0 Å². The molecule has 0 aromatic heterocycles. The van der Waals surface area contributed by atoms with E-state index >= 15 is 0 Å². The van der Waals surface area contributed by atoms with Crippen LogP contribution in [-0.2, 0) is 9.84 Å². The van der Waals surface area contributed by atoms with Crippen molar-refractivity contribution in [3.63, 3.8) is 0 Å². The highest BCUT2D eigenvalue weighted by Gasteiger charge is 2.10. The van der Waals surface area contributed by atoms with Crippen molar-refractivity contribution in [3.8, 4) is 0 Å². The van der Waals surface area contributed by atoms with Crippen LogP contribution in [0.15, 0.2) is 23.1 Å². The van der Waals surface area contributed by atoms with Gasteiger partial charge in [-0.05, 0) is 6.08 Å². The summed E-state index contributed by atoms with van der Waals surface area (Å²) in [6.07, 6.45) is 7.02. The average Bonchev–Trinajstić information content (AvgIpc) is 2.08. The van der Waals surface area contributed by atoms with Gasteiger partial charge in [0.1, 0.15) is 0 Å². The van der Waals surface area contributed by atoms with Crippen molar-refractivity contribution in [1.82, 2.24) is 0 Å². The summed E-state index contributed by atoms with van der Waals surface area (Å²) < 4.78 is 21.5. The van der Waals surface area contributed by atoms with Crippen LogP contribution in [0, 0.1) is 0 Å². The maximum Gasteiger partial charge on any atom is 0.172 e. The van der Waals surface area contributed by atoms with Crippen molar-refractivity contribution < 1.29 is 8.42 Å². The van der Waals surface area contributed by atoms with E-state index in [4.69, 9.17) is 0 Å². The zero-order valence-electron chi connectivity index (χ0n) is 5.16. The smallest absolute Gasteiger partial charge is 0.172 e. The number of allylic oxidation sites excluding steroid dienone is 4. The minimum atomic E-state index is -2.90. The summed E-state index contributed by atoms with van der Waals surface area (Å²) >= 11 is 0. The Morgan fingerprint density at radius 1 is 1.56 bits per heavy atom. The van der Waals surface area contributed by atoms with Gasteiger partial charge in [0, 0.05) is 17.6 Å². The second-order valence-electron chi connectivity index (χ2n) is 2.04. The number of sulfone groups is 1. The molecule has 0 aromatic rings. The van der Waals surface area contributed by atoms with E-state index in [0.29, 0.717) is 11.3 Å². The van der Waals surface area contributed by atoms with Crippen molar-refractivity contribution in [3.05, 3.63) is 23.1 Å². The van der Waals surface area contributed by atoms with Gasteiger partial charge in [-0.2, -0.15) is 0 Å². The Morgan fingerprint density at radius 3 is 2.44 bits per heavy atom. The van der Waals surface area contributed by atoms with Crippen LogP contribution < -0.4 is 0 Å². The monoisotopic (exact) mass is 144 g/mol. The molecule has 0 fully saturated rings. The fourth-order valence-electron chi connectivity index (χ4n) is 0.703. The highest BCUT2D eigenvalue weighted by Crippen LogP contribution is 2.15. The maximum absolute atomic E-state index is 10.7. The Balaban J connectivity index is 2.92. The molecule has 0 saturated carbocycles. The number of hydrogen-bond acceptors (Lipinski definition) is 2. The molecule has 0 N–H and O–H groups in total. The van der Waals surface area contributed by atoms with Crippen molar-refractivity contribution in [2.75, 3.05) is 6.26 Å². The van der Waals surface area contributed by atoms with E-state index in [2.05, 4.69) is 0 Å². The lowest BCUT2D eigenvalue weighted by Gasteiger charge is -1.93. The van der Waals surface area contributed by atoms with Crippen LogP contribution in [0.5, 0.6) is 0 Å². The molecule has 1 aliphatic rings. The first-order valence-electron chi connectivity index (χ1n) is 2.66. The Bertz CT molecular complexity index is 257. The molecule has 9 heavy (non-hydrogen) atoms. The normalized spacial score (nSPS) is 18.1. The standard InChI is InChI=1S/C6H8O2S/c1-9(7,8)6-4-2-3-5-6/h2-4H,5H2,1H3. The molecule has 3 heteroatoms. The summed E-state index contributed by atoms with van der Waals surface area (Å²) in [4.78, 5) is 0.516. The molecule has 0 saturated heterocycles. The fourth-order valence-corrected chi connectivity index (χ4v) is 1.43. The highest BCUT2D eigenvalue weighted by atomic mass is 32.2. The van der Waals surface area contributed by atoms with Gasteiger partial charge in [-0.3, -0.25) is 0 Å². The molecule has 0 unspecified atom stereocenters. The van der Waals surface area contributed by atoms with Crippen LogP contribution in [0.25, 0.3) is 0 Å². The van der Waals surface area contributed by atoms with Gasteiger partial charge >= 0.3 is 0 Å². The first-order valence-corrected chi connectivity index (χ1v) is 4.55. The molecule has 0 heterocycles. The van der Waals surface area contributed by atoms with Crippen LogP contribution in [0.3, 0.4) is 0 Å². The van der Waals surface area contributed by atoms with E-state index in [1.165, 1.54) is 6.26 Å². The molecule has 0 amide bonds. The first kappa shape index (κ1) is 6.55. The van der Waals surface area contributed by atoms with Crippen molar-refractivity contribution >= 4 is 9.84 Å². The SMILES string of the molecule is CS(=O)(=O)C1=CC=CC1. The zero-order chi connectivity index (χ0) is 6.91. The van der Waals surface area contributed by atoms with Gasteiger partial charge in [-0.15, -0.1) is 0 Å². The lowest BCUT2D eigenvalue weighted by atomic mass is 10.5. The predicted molar refractivity (Wildman–Crippen MR) is 36.7 cm³/mol. The quantitative estimate of drug-likeness (QED) is 0.547. The third-order valence-electron chi connectivity index (χ3n) is 1.21. The van der Waals surface area contributed by atoms with Gasteiger partial charge in [0.15, 0.2) is 9.84 Å². The van der Waals surface area contributed by atoms with E-state index < -0.39 is 9.84 Å². The molecule has 0 radical (unpaired) electrons. The van der Waals surface area contributed by atoms with E-state index in [1.807, 2.05) is 6.08 Å². The second kappa shape index (κ2) is 1.99. The molecule has 0 atom stereocenters. The van der Waals surface area contributed by atoms with Gasteiger partial charge in [-0.25, -0.2) is 8.42 Å². The summed E-state index contributed by atoms with van der Waals surface area (Å²) in [5, 5.41) is 0. The highest BCUT2D eigenvalue weighted by molar-refractivity contribution is 7.94. The van der Waals surface area contributed by atoms with Crippen molar-refractivity contribution in [2.45, 2.75) is 6.42 Å². The van der Waals surface area contributed by atoms with Crippen LogP contribution >= 0.6 is 0 Å². The van der Waals surface area contributed by atoms with Gasteiger partial charge < -0.3 is 0 Å². The lowest BCUT2D eigenvalue weighted by Crippen LogP contribution is -1.97. The van der Waals surface area contributed by atoms with Crippen molar-refractivity contribution in [2.24, 2.45) is 0 Å². The van der Waals surface area contributed by atoms with Crippen LogP contribution in [0.1, 0.15) is 6.42 Å². The zero-order valence-corrected chi connectivity index (χ0v) is 5.98. The second-order valence-corrected chi connectivity index (χ2v) is 4.11. The number of hydrogen-bond donors (Lipinski definition) is 0. The van der Waals surface area contributed by atoms with Gasteiger partial charge in [0.2, 0.25) is 0 Å². The van der Waals surface area contributed by atoms with E-state index in [-0.39, 0.29) is 0 Å². The Labute approximate surface area is 54.8 Å². The third kappa shape index (κ3) is 1.42. The average molecular weight is 144 g/mol.